The van der Waals surface area contributed by atoms with Crippen LogP contribution in [0.4, 0.5) is 17.1 Å². The molecule has 5 nitrogen and oxygen atoms in total. The topological polar surface area (TPSA) is 42.0 Å². The number of benzene rings is 4. The average molecular weight is 547 g/mol. The van der Waals surface area contributed by atoms with Crippen molar-refractivity contribution in [2.75, 3.05) is 29.9 Å². The van der Waals surface area contributed by atoms with Crippen LogP contribution < -0.4 is 14.5 Å². The van der Waals surface area contributed by atoms with Gasteiger partial charge in [-0.3, -0.25) is 0 Å². The Kier molecular flexibility index (Phi) is 7.21. The summed E-state index contributed by atoms with van der Waals surface area (Å²) < 4.78 is 13.2. The summed E-state index contributed by atoms with van der Waals surface area (Å²) in [5.41, 5.74) is 6.39. The summed E-state index contributed by atoms with van der Waals surface area (Å²) >= 11 is 0. The van der Waals surface area contributed by atoms with Crippen LogP contribution in [0.25, 0.3) is 0 Å². The van der Waals surface area contributed by atoms with Crippen molar-refractivity contribution in [2.24, 2.45) is 0 Å². The number of carbonyl (C=O) groups is 1. The minimum absolute atomic E-state index is 0.311. The van der Waals surface area contributed by atoms with Gasteiger partial charge in [0.15, 0.2) is 5.60 Å². The van der Waals surface area contributed by atoms with E-state index >= 15 is 0 Å². The quantitative estimate of drug-likeness (QED) is 0.196. The Labute approximate surface area is 243 Å². The van der Waals surface area contributed by atoms with Crippen molar-refractivity contribution in [3.05, 3.63) is 113 Å². The predicted octanol–water partition coefficient (Wildman–Crippen LogP) is 8.74. The van der Waals surface area contributed by atoms with Gasteiger partial charge in [-0.1, -0.05) is 63.1 Å². The summed E-state index contributed by atoms with van der Waals surface area (Å²) in [6, 6.07) is 28.7. The number of hydrogen-bond acceptors (Lipinski definition) is 5. The molecule has 0 aromatic heterocycles. The smallest absolute Gasteiger partial charge is 0.340 e. The highest BCUT2D eigenvalue weighted by atomic mass is 16.6. The van der Waals surface area contributed by atoms with Crippen LogP contribution in [0.1, 0.15) is 72.1 Å². The molecule has 4 aromatic rings. The Hall–Kier alpha value is -4.25. The molecule has 41 heavy (non-hydrogen) atoms. The fourth-order valence-corrected chi connectivity index (χ4v) is 6.21. The van der Waals surface area contributed by atoms with E-state index in [1.165, 1.54) is 0 Å². The molecule has 0 N–H and O–H groups in total. The van der Waals surface area contributed by atoms with Gasteiger partial charge < -0.3 is 19.3 Å². The summed E-state index contributed by atoms with van der Waals surface area (Å²) in [6.07, 6.45) is 4.56. The lowest BCUT2D eigenvalue weighted by Gasteiger charge is -2.38. The van der Waals surface area contributed by atoms with E-state index in [0.717, 1.165) is 89.6 Å². The number of ether oxygens (including phenoxy) is 2. The number of carbonyl (C=O) groups excluding carboxylic acids is 1. The number of fused-ring (bicyclic) bond motifs is 6. The molecule has 0 aliphatic carbocycles. The molecule has 0 saturated heterocycles. The molecular weight excluding hydrogens is 508 g/mol. The lowest BCUT2D eigenvalue weighted by molar-refractivity contribution is 0.0224. The van der Waals surface area contributed by atoms with Crippen LogP contribution in [0.15, 0.2) is 84.9 Å². The number of para-hydroxylation sites is 1. The number of unbranched alkanes of at least 4 members (excludes halogenated alkanes) is 2. The van der Waals surface area contributed by atoms with Crippen LogP contribution in [-0.2, 0) is 10.3 Å². The first kappa shape index (κ1) is 26.9. The summed E-state index contributed by atoms with van der Waals surface area (Å²) in [5.74, 6) is 1.14. The maximum atomic E-state index is 13.4. The van der Waals surface area contributed by atoms with Crippen LogP contribution >= 0.6 is 0 Å². The van der Waals surface area contributed by atoms with Crippen molar-refractivity contribution >= 4 is 23.0 Å². The molecule has 0 radical (unpaired) electrons. The summed E-state index contributed by atoms with van der Waals surface area (Å²) in [6.45, 7) is 8.56. The molecule has 1 spiro atoms. The molecule has 5 heteroatoms. The van der Waals surface area contributed by atoms with E-state index < -0.39 is 5.60 Å². The van der Waals surface area contributed by atoms with E-state index in [9.17, 15) is 4.79 Å². The fraction of sp³-hybridized carbons (Fsp3) is 0.306. The highest BCUT2D eigenvalue weighted by Gasteiger charge is 2.53. The molecule has 1 unspecified atom stereocenters. The number of esters is 1. The van der Waals surface area contributed by atoms with Gasteiger partial charge in [0.05, 0.1) is 5.56 Å². The maximum absolute atomic E-state index is 13.4. The summed E-state index contributed by atoms with van der Waals surface area (Å²) in [4.78, 5) is 18.0. The van der Waals surface area contributed by atoms with Gasteiger partial charge in [0.2, 0.25) is 0 Å². The normalized spacial score (nSPS) is 16.4. The van der Waals surface area contributed by atoms with E-state index in [1.807, 2.05) is 42.5 Å². The van der Waals surface area contributed by atoms with Crippen LogP contribution in [-0.4, -0.2) is 26.1 Å². The highest BCUT2D eigenvalue weighted by molar-refractivity contribution is 5.97. The third-order valence-corrected chi connectivity index (χ3v) is 8.45. The van der Waals surface area contributed by atoms with E-state index in [1.54, 1.807) is 0 Å². The Bertz CT molecular complexity index is 1570. The van der Waals surface area contributed by atoms with Crippen molar-refractivity contribution < 1.29 is 14.3 Å². The van der Waals surface area contributed by atoms with E-state index in [0.29, 0.717) is 5.56 Å². The molecule has 0 bridgehead atoms. The zero-order valence-electron chi connectivity index (χ0n) is 24.4. The first-order valence-corrected chi connectivity index (χ1v) is 14.8. The predicted molar refractivity (Wildman–Crippen MR) is 166 cm³/mol. The highest BCUT2D eigenvalue weighted by Crippen LogP contribution is 2.57. The molecule has 2 aliphatic rings. The number of nitrogens with zero attached hydrogens (tertiary/aromatic N) is 2. The minimum atomic E-state index is -1.09. The minimum Gasteiger partial charge on any atom is -0.456 e. The van der Waals surface area contributed by atoms with Crippen LogP contribution in [0.5, 0.6) is 11.5 Å². The van der Waals surface area contributed by atoms with E-state index in [-0.39, 0.29) is 5.97 Å². The van der Waals surface area contributed by atoms with Gasteiger partial charge in [-0.05, 0) is 67.8 Å². The van der Waals surface area contributed by atoms with Crippen molar-refractivity contribution in [1.29, 1.82) is 0 Å². The first-order valence-electron chi connectivity index (χ1n) is 14.8. The van der Waals surface area contributed by atoms with E-state index in [4.69, 9.17) is 9.47 Å². The standard InChI is InChI=1S/C36H38N2O3/c1-5-7-20-38(21-8-6-2)27-18-19-30-34(23-27)40-33-22-25(3)32(37(4)26-14-10-9-11-15-26)24-31(33)36(30)29-17-13-12-16-28(29)35(39)41-36/h9-19,22-24H,5-8,20-21H2,1-4H3. The number of aryl methyl sites for hydroxylation is 1. The van der Waals surface area contributed by atoms with Crippen molar-refractivity contribution in [1.82, 2.24) is 0 Å². The molecule has 2 heterocycles. The van der Waals surface area contributed by atoms with Crippen molar-refractivity contribution in [2.45, 2.75) is 52.1 Å². The second-order valence-corrected chi connectivity index (χ2v) is 11.1. The molecule has 4 aromatic carbocycles. The molecule has 0 amide bonds. The number of anilines is 3. The molecule has 0 saturated carbocycles. The third kappa shape index (κ3) is 4.54. The largest absolute Gasteiger partial charge is 0.456 e. The van der Waals surface area contributed by atoms with Crippen molar-refractivity contribution in [3.63, 3.8) is 0 Å². The zero-order chi connectivity index (χ0) is 28.6. The molecule has 1 atom stereocenters. The fourth-order valence-electron chi connectivity index (χ4n) is 6.21. The number of rotatable bonds is 9. The van der Waals surface area contributed by atoms with Crippen LogP contribution in [0.3, 0.4) is 0 Å². The summed E-state index contributed by atoms with van der Waals surface area (Å²) in [7, 11) is 2.07. The SMILES string of the molecule is CCCCN(CCCC)c1ccc2c(c1)Oc1cc(C)c(N(C)c3ccccc3)cc1C21OC(=O)c2ccccc21. The van der Waals surface area contributed by atoms with Gasteiger partial charge in [-0.2, -0.15) is 0 Å². The number of hydrogen-bond donors (Lipinski definition) is 0. The van der Waals surface area contributed by atoms with Gasteiger partial charge in [0.1, 0.15) is 11.5 Å². The molecular formula is C36H38N2O3. The maximum Gasteiger partial charge on any atom is 0.340 e. The Balaban J connectivity index is 1.53. The molecule has 2 aliphatic heterocycles. The lowest BCUT2D eigenvalue weighted by atomic mass is 9.77. The van der Waals surface area contributed by atoms with Gasteiger partial charge in [0.25, 0.3) is 0 Å². The Morgan fingerprint density at radius 1 is 0.732 bits per heavy atom. The van der Waals surface area contributed by atoms with Crippen molar-refractivity contribution in [3.8, 4) is 11.5 Å². The Morgan fingerprint density at radius 2 is 1.41 bits per heavy atom. The first-order chi connectivity index (χ1) is 20.0. The van der Waals surface area contributed by atoms with E-state index in [2.05, 4.69) is 80.1 Å². The van der Waals surface area contributed by atoms with Gasteiger partial charge in [-0.15, -0.1) is 0 Å². The van der Waals surface area contributed by atoms with Gasteiger partial charge in [0, 0.05) is 60.0 Å². The van der Waals surface area contributed by atoms with Gasteiger partial charge >= 0.3 is 5.97 Å². The monoisotopic (exact) mass is 546 g/mol. The van der Waals surface area contributed by atoms with Crippen LogP contribution in [0, 0.1) is 6.92 Å². The molecule has 0 fully saturated rings. The summed E-state index contributed by atoms with van der Waals surface area (Å²) in [5, 5.41) is 0. The second-order valence-electron chi connectivity index (χ2n) is 11.1. The molecule has 6 rings (SSSR count). The van der Waals surface area contributed by atoms with Gasteiger partial charge in [-0.25, -0.2) is 4.79 Å². The lowest BCUT2D eigenvalue weighted by Crippen LogP contribution is -2.34. The molecule has 210 valence electrons. The van der Waals surface area contributed by atoms with Crippen LogP contribution in [0.2, 0.25) is 0 Å². The average Bonchev–Trinajstić information content (AvgIpc) is 3.29. The Morgan fingerprint density at radius 3 is 2.15 bits per heavy atom. The zero-order valence-corrected chi connectivity index (χ0v) is 24.4. The second kappa shape index (κ2) is 11.0. The third-order valence-electron chi connectivity index (χ3n) is 8.45.